The van der Waals surface area contributed by atoms with Crippen molar-refractivity contribution in [3.63, 3.8) is 0 Å². The van der Waals surface area contributed by atoms with Crippen molar-refractivity contribution in [2.75, 3.05) is 23.3 Å². The van der Waals surface area contributed by atoms with Crippen LogP contribution in [0.1, 0.15) is 48.2 Å². The van der Waals surface area contributed by atoms with Crippen LogP contribution < -0.4 is 14.4 Å². The smallest absolute Gasteiger partial charge is 0.268 e. The summed E-state index contributed by atoms with van der Waals surface area (Å²) in [6.07, 6.45) is 0.475. The summed E-state index contributed by atoms with van der Waals surface area (Å²) in [5.74, 6) is 0.942. The normalized spacial score (nSPS) is 11.5. The van der Waals surface area contributed by atoms with Crippen LogP contribution in [0.15, 0.2) is 70.1 Å². The minimum Gasteiger partial charge on any atom is -0.495 e. The number of nitrogens with zero attached hydrogens (tertiary/aromatic N) is 3. The van der Waals surface area contributed by atoms with Gasteiger partial charge in [0.2, 0.25) is 11.8 Å². The molecule has 40 heavy (non-hydrogen) atoms. The van der Waals surface area contributed by atoms with E-state index in [1.165, 1.54) is 19.2 Å². The Hall–Kier alpha value is -3.89. The highest BCUT2D eigenvalue weighted by atomic mass is 35.5. The van der Waals surface area contributed by atoms with E-state index in [0.29, 0.717) is 28.8 Å². The van der Waals surface area contributed by atoms with E-state index in [2.05, 4.69) is 15.5 Å². The average molecular weight is 583 g/mol. The Morgan fingerprint density at radius 2 is 1.80 bits per heavy atom. The van der Waals surface area contributed by atoms with Crippen molar-refractivity contribution in [2.45, 2.75) is 44.9 Å². The number of hydrogen-bond acceptors (Lipinski definition) is 7. The molecule has 0 saturated heterocycles. The second-order valence-corrected chi connectivity index (χ2v) is 12.0. The fraction of sp³-hybridized carbons (Fsp3) is 0.276. The van der Waals surface area contributed by atoms with E-state index < -0.39 is 22.5 Å². The first-order chi connectivity index (χ1) is 19.0. The maximum atomic E-state index is 13.9. The minimum atomic E-state index is -4.22. The second kappa shape index (κ2) is 12.1. The van der Waals surface area contributed by atoms with Gasteiger partial charge < -0.3 is 14.6 Å². The summed E-state index contributed by atoms with van der Waals surface area (Å²) >= 11 is 6.33. The van der Waals surface area contributed by atoms with E-state index >= 15 is 0 Å². The van der Waals surface area contributed by atoms with Gasteiger partial charge in [0.05, 0.1) is 12.8 Å². The van der Waals surface area contributed by atoms with Gasteiger partial charge in [-0.1, -0.05) is 54.9 Å². The maximum Gasteiger partial charge on any atom is 0.268 e. The third kappa shape index (κ3) is 6.63. The van der Waals surface area contributed by atoms with Crippen molar-refractivity contribution in [3.05, 3.63) is 94.1 Å². The third-order valence-electron chi connectivity index (χ3n) is 6.20. The van der Waals surface area contributed by atoms with Crippen LogP contribution in [-0.4, -0.2) is 38.1 Å². The van der Waals surface area contributed by atoms with E-state index in [-0.39, 0.29) is 22.3 Å². The number of nitrogens with one attached hydrogen (secondary N) is 1. The van der Waals surface area contributed by atoms with Crippen molar-refractivity contribution in [3.8, 4) is 5.75 Å². The molecule has 0 aliphatic rings. The van der Waals surface area contributed by atoms with Crippen LogP contribution in [0.2, 0.25) is 5.02 Å². The van der Waals surface area contributed by atoms with Gasteiger partial charge in [0.15, 0.2) is 5.82 Å². The first-order valence-corrected chi connectivity index (χ1v) is 14.4. The van der Waals surface area contributed by atoms with Gasteiger partial charge in [-0.25, -0.2) is 8.42 Å². The van der Waals surface area contributed by atoms with Gasteiger partial charge in [0.1, 0.15) is 17.2 Å². The van der Waals surface area contributed by atoms with Gasteiger partial charge in [-0.05, 0) is 66.9 Å². The molecule has 0 spiro atoms. The van der Waals surface area contributed by atoms with Crippen LogP contribution in [0.5, 0.6) is 5.75 Å². The number of amides is 1. The first kappa shape index (κ1) is 29.1. The van der Waals surface area contributed by atoms with E-state index in [4.69, 9.17) is 20.9 Å². The zero-order valence-corrected chi connectivity index (χ0v) is 24.5. The molecule has 11 heteroatoms. The molecule has 0 aliphatic carbocycles. The number of benzene rings is 3. The first-order valence-electron chi connectivity index (χ1n) is 12.6. The molecule has 4 rings (SSSR count). The Labute approximate surface area is 239 Å². The minimum absolute atomic E-state index is 0.0501. The summed E-state index contributed by atoms with van der Waals surface area (Å²) in [5, 5.41) is 7.17. The molecule has 210 valence electrons. The Bertz CT molecular complexity index is 1620. The summed E-state index contributed by atoms with van der Waals surface area (Å²) < 4.78 is 39.4. The van der Waals surface area contributed by atoms with E-state index in [1.807, 2.05) is 32.9 Å². The monoisotopic (exact) mass is 582 g/mol. The van der Waals surface area contributed by atoms with Crippen LogP contribution in [-0.2, 0) is 21.2 Å². The Balaban J connectivity index is 1.57. The molecule has 0 aliphatic heterocycles. The van der Waals surface area contributed by atoms with Crippen molar-refractivity contribution in [2.24, 2.45) is 0 Å². The number of aromatic nitrogens is 2. The fourth-order valence-corrected chi connectivity index (χ4v) is 5.78. The highest BCUT2D eigenvalue weighted by Gasteiger charge is 2.30. The summed E-state index contributed by atoms with van der Waals surface area (Å²) in [6.45, 7) is 7.07. The van der Waals surface area contributed by atoms with Crippen LogP contribution >= 0.6 is 11.6 Å². The zero-order valence-electron chi connectivity index (χ0n) is 22.9. The molecule has 1 N–H and O–H groups in total. The van der Waals surface area contributed by atoms with Crippen molar-refractivity contribution in [1.82, 2.24) is 10.1 Å². The Morgan fingerprint density at radius 1 is 1.07 bits per heavy atom. The molecular formula is C29H31ClN4O5S. The molecule has 9 nitrogen and oxygen atoms in total. The SMILES string of the molecule is COc1ccc(C)cc1S(=O)(=O)N(CC(=O)Nc1ccc(Cc2noc(C(C)C)n2)cc1)c1ccc(C)c(Cl)c1. The van der Waals surface area contributed by atoms with E-state index in [0.717, 1.165) is 21.0 Å². The molecule has 4 aromatic rings. The number of carbonyl (C=O) groups excluding carboxylic acids is 1. The van der Waals surface area contributed by atoms with Gasteiger partial charge in [-0.3, -0.25) is 9.10 Å². The summed E-state index contributed by atoms with van der Waals surface area (Å²) in [6, 6.07) is 16.9. The standard InChI is InChI=1S/C29H31ClN4O5S/c1-18(2)29-32-27(33-39-29)15-21-8-10-22(11-9-21)31-28(35)17-34(23-12-7-20(4)24(30)16-23)40(36,37)26-14-19(3)6-13-25(26)38-5/h6-14,16,18H,15,17H2,1-5H3,(H,31,35). The van der Waals surface area contributed by atoms with E-state index in [1.54, 1.807) is 43.3 Å². The number of halogens is 1. The highest BCUT2D eigenvalue weighted by Crippen LogP contribution is 2.32. The second-order valence-electron chi connectivity index (χ2n) is 9.72. The van der Waals surface area contributed by atoms with Gasteiger partial charge in [0.25, 0.3) is 10.0 Å². The number of hydrogen-bond donors (Lipinski definition) is 1. The summed E-state index contributed by atoms with van der Waals surface area (Å²) in [4.78, 5) is 17.5. The molecule has 0 fully saturated rings. The molecular weight excluding hydrogens is 552 g/mol. The highest BCUT2D eigenvalue weighted by molar-refractivity contribution is 7.93. The predicted octanol–water partition coefficient (Wildman–Crippen LogP) is 5.90. The number of aryl methyl sites for hydroxylation is 2. The van der Waals surface area contributed by atoms with Crippen molar-refractivity contribution in [1.29, 1.82) is 0 Å². The number of methoxy groups -OCH3 is 1. The lowest BCUT2D eigenvalue weighted by molar-refractivity contribution is -0.114. The van der Waals surface area contributed by atoms with Crippen LogP contribution in [0.25, 0.3) is 0 Å². The molecule has 3 aromatic carbocycles. The van der Waals surface area contributed by atoms with Crippen molar-refractivity contribution < 1.29 is 22.5 Å². The van der Waals surface area contributed by atoms with Gasteiger partial charge in [0, 0.05) is 23.0 Å². The van der Waals surface area contributed by atoms with Gasteiger partial charge in [-0.15, -0.1) is 0 Å². The molecule has 0 bridgehead atoms. The van der Waals surface area contributed by atoms with Gasteiger partial charge >= 0.3 is 0 Å². The molecule has 1 amide bonds. The molecule has 0 unspecified atom stereocenters. The molecule has 0 saturated carbocycles. The predicted molar refractivity (Wildman–Crippen MR) is 155 cm³/mol. The number of ether oxygens (including phenoxy) is 1. The topological polar surface area (TPSA) is 115 Å². The molecule has 1 aromatic heterocycles. The maximum absolute atomic E-state index is 13.9. The van der Waals surface area contributed by atoms with Gasteiger partial charge in [-0.2, -0.15) is 4.98 Å². The quantitative estimate of drug-likeness (QED) is 0.248. The zero-order chi connectivity index (χ0) is 29.0. The lowest BCUT2D eigenvalue weighted by Crippen LogP contribution is -2.38. The lowest BCUT2D eigenvalue weighted by Gasteiger charge is -2.25. The molecule has 1 heterocycles. The van der Waals surface area contributed by atoms with E-state index in [9.17, 15) is 13.2 Å². The lowest BCUT2D eigenvalue weighted by atomic mass is 10.1. The summed E-state index contributed by atoms with van der Waals surface area (Å²) in [7, 11) is -2.82. The number of anilines is 2. The number of sulfonamides is 1. The number of carbonyl (C=O) groups is 1. The number of rotatable bonds is 10. The van der Waals surface area contributed by atoms with Crippen molar-refractivity contribution >= 4 is 38.9 Å². The largest absolute Gasteiger partial charge is 0.495 e. The molecule has 0 atom stereocenters. The fourth-order valence-electron chi connectivity index (χ4n) is 3.95. The van der Waals surface area contributed by atoms with Crippen LogP contribution in [0, 0.1) is 13.8 Å². The molecule has 0 radical (unpaired) electrons. The Kier molecular flexibility index (Phi) is 8.80. The van der Waals surface area contributed by atoms with Crippen LogP contribution in [0.3, 0.4) is 0 Å². The van der Waals surface area contributed by atoms with Crippen LogP contribution in [0.4, 0.5) is 11.4 Å². The average Bonchev–Trinajstić information content (AvgIpc) is 3.39. The Morgan fingerprint density at radius 3 is 2.42 bits per heavy atom. The summed E-state index contributed by atoms with van der Waals surface area (Å²) in [5.41, 5.74) is 3.20. The third-order valence-corrected chi connectivity index (χ3v) is 8.40.